The first-order valence-corrected chi connectivity index (χ1v) is 7.51. The average molecular weight is 276 g/mol. The van der Waals surface area contributed by atoms with Gasteiger partial charge < -0.3 is 5.32 Å². The molecule has 1 unspecified atom stereocenters. The minimum absolute atomic E-state index is 0.207. The van der Waals surface area contributed by atoms with E-state index >= 15 is 0 Å². The van der Waals surface area contributed by atoms with E-state index in [-0.39, 0.29) is 6.04 Å². The van der Waals surface area contributed by atoms with Gasteiger partial charge in [-0.05, 0) is 31.0 Å². The van der Waals surface area contributed by atoms with Gasteiger partial charge in [0.1, 0.15) is 0 Å². The third-order valence-electron chi connectivity index (χ3n) is 3.08. The van der Waals surface area contributed by atoms with Gasteiger partial charge in [0.15, 0.2) is 0 Å². The lowest BCUT2D eigenvalue weighted by molar-refractivity contribution is 0.516. The zero-order valence-electron chi connectivity index (χ0n) is 11.5. The van der Waals surface area contributed by atoms with Gasteiger partial charge in [0, 0.05) is 18.3 Å². The molecule has 19 heavy (non-hydrogen) atoms. The van der Waals surface area contributed by atoms with Gasteiger partial charge in [0.25, 0.3) is 0 Å². The summed E-state index contributed by atoms with van der Waals surface area (Å²) in [4.78, 5) is 4.52. The second-order valence-corrected chi connectivity index (χ2v) is 5.11. The standard InChI is InChI=1S/C14H20N4S/c1-3-7-15-13(14-10-17-19-18-14)8-12-6-5-11(4-2)9-16-12/h5-6,9-10,13,15H,3-4,7-8H2,1-2H3. The predicted octanol–water partition coefficient (Wildman–Crippen LogP) is 2.78. The first kappa shape index (κ1) is 14.1. The zero-order valence-corrected chi connectivity index (χ0v) is 12.3. The van der Waals surface area contributed by atoms with E-state index in [1.165, 1.54) is 17.3 Å². The maximum atomic E-state index is 4.52. The van der Waals surface area contributed by atoms with Gasteiger partial charge in [-0.2, -0.15) is 8.75 Å². The van der Waals surface area contributed by atoms with Gasteiger partial charge in [0.05, 0.1) is 29.7 Å². The number of nitrogens with zero attached hydrogens (tertiary/aromatic N) is 3. The van der Waals surface area contributed by atoms with Crippen molar-refractivity contribution >= 4 is 11.7 Å². The molecule has 2 heterocycles. The maximum absolute atomic E-state index is 4.52. The van der Waals surface area contributed by atoms with E-state index in [2.05, 4.69) is 45.0 Å². The van der Waals surface area contributed by atoms with Crippen molar-refractivity contribution in [3.05, 3.63) is 41.5 Å². The Bertz CT molecular complexity index is 467. The van der Waals surface area contributed by atoms with Crippen molar-refractivity contribution in [3.8, 4) is 0 Å². The first-order chi connectivity index (χ1) is 9.33. The van der Waals surface area contributed by atoms with E-state index in [0.717, 1.165) is 37.2 Å². The van der Waals surface area contributed by atoms with E-state index in [0.29, 0.717) is 0 Å². The molecule has 0 aliphatic rings. The lowest BCUT2D eigenvalue weighted by atomic mass is 10.1. The summed E-state index contributed by atoms with van der Waals surface area (Å²) >= 11 is 1.26. The van der Waals surface area contributed by atoms with Crippen molar-refractivity contribution in [2.45, 2.75) is 39.2 Å². The highest BCUT2D eigenvalue weighted by Gasteiger charge is 2.14. The van der Waals surface area contributed by atoms with Crippen LogP contribution in [0.3, 0.4) is 0 Å². The molecule has 0 spiro atoms. The maximum Gasteiger partial charge on any atom is 0.0916 e. The molecule has 0 saturated carbocycles. The van der Waals surface area contributed by atoms with Crippen molar-refractivity contribution in [3.63, 3.8) is 0 Å². The van der Waals surface area contributed by atoms with Crippen LogP contribution in [-0.4, -0.2) is 20.3 Å². The Morgan fingerprint density at radius 2 is 2.16 bits per heavy atom. The number of hydrogen-bond donors (Lipinski definition) is 1. The lowest BCUT2D eigenvalue weighted by Gasteiger charge is -2.15. The fraction of sp³-hybridized carbons (Fsp3) is 0.500. The molecule has 0 aliphatic heterocycles. The van der Waals surface area contributed by atoms with Crippen LogP contribution in [0.2, 0.25) is 0 Å². The fourth-order valence-electron chi connectivity index (χ4n) is 1.92. The third-order valence-corrected chi connectivity index (χ3v) is 3.58. The van der Waals surface area contributed by atoms with Crippen LogP contribution in [0.4, 0.5) is 0 Å². The first-order valence-electron chi connectivity index (χ1n) is 6.78. The van der Waals surface area contributed by atoms with Gasteiger partial charge in [-0.25, -0.2) is 0 Å². The van der Waals surface area contributed by atoms with E-state index < -0.39 is 0 Å². The number of rotatable bonds is 7. The summed E-state index contributed by atoms with van der Waals surface area (Å²) in [5, 5.41) is 3.51. The molecule has 4 nitrogen and oxygen atoms in total. The molecule has 2 aromatic heterocycles. The number of nitrogens with one attached hydrogen (secondary N) is 1. The largest absolute Gasteiger partial charge is 0.308 e. The molecule has 102 valence electrons. The summed E-state index contributed by atoms with van der Waals surface area (Å²) in [5.41, 5.74) is 3.38. The molecule has 0 radical (unpaired) electrons. The van der Waals surface area contributed by atoms with Crippen LogP contribution in [0.15, 0.2) is 24.5 Å². The molecule has 0 saturated heterocycles. The minimum atomic E-state index is 0.207. The molecule has 0 fully saturated rings. The molecular weight excluding hydrogens is 256 g/mol. The summed E-state index contributed by atoms with van der Waals surface area (Å²) < 4.78 is 8.43. The second kappa shape index (κ2) is 7.31. The monoisotopic (exact) mass is 276 g/mol. The van der Waals surface area contributed by atoms with E-state index in [1.807, 2.05) is 12.4 Å². The number of pyridine rings is 1. The molecule has 0 bridgehead atoms. The Balaban J connectivity index is 2.06. The third kappa shape index (κ3) is 4.08. The van der Waals surface area contributed by atoms with Crippen molar-refractivity contribution in [1.82, 2.24) is 19.0 Å². The number of aryl methyl sites for hydroxylation is 1. The normalized spacial score (nSPS) is 12.5. The van der Waals surface area contributed by atoms with Gasteiger partial charge in [-0.1, -0.05) is 19.9 Å². The van der Waals surface area contributed by atoms with Crippen LogP contribution in [0.1, 0.15) is 43.3 Å². The number of aromatic nitrogens is 3. The van der Waals surface area contributed by atoms with Crippen LogP contribution in [0, 0.1) is 0 Å². The molecule has 0 amide bonds. The van der Waals surface area contributed by atoms with Crippen LogP contribution in [-0.2, 0) is 12.8 Å². The second-order valence-electron chi connectivity index (χ2n) is 4.55. The zero-order chi connectivity index (χ0) is 13.5. The highest BCUT2D eigenvalue weighted by Crippen LogP contribution is 2.16. The highest BCUT2D eigenvalue weighted by molar-refractivity contribution is 6.99. The lowest BCUT2D eigenvalue weighted by Crippen LogP contribution is -2.24. The topological polar surface area (TPSA) is 50.7 Å². The number of hydrogen-bond acceptors (Lipinski definition) is 5. The van der Waals surface area contributed by atoms with E-state index in [9.17, 15) is 0 Å². The molecule has 5 heteroatoms. The van der Waals surface area contributed by atoms with Crippen molar-refractivity contribution in [2.75, 3.05) is 6.54 Å². The molecule has 1 atom stereocenters. The van der Waals surface area contributed by atoms with Crippen LogP contribution >= 0.6 is 11.7 Å². The van der Waals surface area contributed by atoms with Crippen LogP contribution in [0.25, 0.3) is 0 Å². The Morgan fingerprint density at radius 1 is 1.26 bits per heavy atom. The molecule has 2 rings (SSSR count). The Morgan fingerprint density at radius 3 is 2.74 bits per heavy atom. The molecule has 2 aromatic rings. The molecule has 0 aliphatic carbocycles. The summed E-state index contributed by atoms with van der Waals surface area (Å²) in [7, 11) is 0. The summed E-state index contributed by atoms with van der Waals surface area (Å²) in [5.74, 6) is 0. The van der Waals surface area contributed by atoms with Crippen LogP contribution < -0.4 is 5.32 Å². The van der Waals surface area contributed by atoms with Gasteiger partial charge in [-0.15, -0.1) is 0 Å². The Hall–Kier alpha value is -1.33. The molecular formula is C14H20N4S. The van der Waals surface area contributed by atoms with Crippen molar-refractivity contribution < 1.29 is 0 Å². The summed E-state index contributed by atoms with van der Waals surface area (Å²) in [6, 6.07) is 4.47. The molecule has 0 aromatic carbocycles. The summed E-state index contributed by atoms with van der Waals surface area (Å²) in [6.07, 6.45) is 6.80. The minimum Gasteiger partial charge on any atom is -0.308 e. The fourth-order valence-corrected chi connectivity index (χ4v) is 2.39. The smallest absolute Gasteiger partial charge is 0.0916 e. The highest BCUT2D eigenvalue weighted by atomic mass is 32.1. The quantitative estimate of drug-likeness (QED) is 0.845. The average Bonchev–Trinajstić information content (AvgIpc) is 2.98. The van der Waals surface area contributed by atoms with E-state index in [1.54, 1.807) is 0 Å². The Labute approximate surface area is 118 Å². The van der Waals surface area contributed by atoms with Gasteiger partial charge in [-0.3, -0.25) is 4.98 Å². The van der Waals surface area contributed by atoms with E-state index in [4.69, 9.17) is 0 Å². The molecule has 1 N–H and O–H groups in total. The predicted molar refractivity (Wildman–Crippen MR) is 78.3 cm³/mol. The van der Waals surface area contributed by atoms with Gasteiger partial charge in [0.2, 0.25) is 0 Å². The van der Waals surface area contributed by atoms with Crippen molar-refractivity contribution in [2.24, 2.45) is 0 Å². The Kier molecular flexibility index (Phi) is 5.42. The van der Waals surface area contributed by atoms with Crippen molar-refractivity contribution in [1.29, 1.82) is 0 Å². The van der Waals surface area contributed by atoms with Gasteiger partial charge >= 0.3 is 0 Å². The summed E-state index contributed by atoms with van der Waals surface area (Å²) in [6.45, 7) is 5.29. The van der Waals surface area contributed by atoms with Crippen LogP contribution in [0.5, 0.6) is 0 Å². The SMILES string of the molecule is CCCNC(Cc1ccc(CC)cn1)c1cnsn1.